The van der Waals surface area contributed by atoms with E-state index in [-0.39, 0.29) is 0 Å². The second kappa shape index (κ2) is 8.75. The van der Waals surface area contributed by atoms with Crippen molar-refractivity contribution in [2.45, 2.75) is 38.4 Å². The molecule has 0 spiro atoms. The minimum Gasteiger partial charge on any atom is -0.494 e. The molecule has 0 unspecified atom stereocenters. The van der Waals surface area contributed by atoms with Crippen molar-refractivity contribution in [1.29, 1.82) is 0 Å². The number of carbonyl (C=O) groups is 1. The Kier molecular flexibility index (Phi) is 5.74. The first-order valence-corrected chi connectivity index (χ1v) is 11.3. The first-order chi connectivity index (χ1) is 16.7. The highest BCUT2D eigenvalue weighted by Gasteiger charge is 2.30. The van der Waals surface area contributed by atoms with Crippen LogP contribution in [0.5, 0.6) is 5.75 Å². The van der Waals surface area contributed by atoms with E-state index in [1.165, 1.54) is 4.90 Å². The van der Waals surface area contributed by atoms with Gasteiger partial charge in [0.2, 0.25) is 11.9 Å². The number of carbonyl (C=O) groups excluding carboxylic acids is 1. The van der Waals surface area contributed by atoms with Crippen LogP contribution in [0.1, 0.15) is 35.2 Å². The van der Waals surface area contributed by atoms with Crippen LogP contribution >= 0.6 is 0 Å². The van der Waals surface area contributed by atoms with Crippen LogP contribution in [0.2, 0.25) is 0 Å². The molecule has 1 amide bonds. The number of alkyl halides is 3. The van der Waals surface area contributed by atoms with Gasteiger partial charge in [0.1, 0.15) is 16.9 Å². The summed E-state index contributed by atoms with van der Waals surface area (Å²) in [6, 6.07) is 11.5. The van der Waals surface area contributed by atoms with Gasteiger partial charge in [0.25, 0.3) is 0 Å². The van der Waals surface area contributed by atoms with E-state index in [4.69, 9.17) is 15.5 Å². The van der Waals surface area contributed by atoms with Crippen LogP contribution in [0.3, 0.4) is 0 Å². The molecule has 1 aliphatic heterocycles. The molecule has 2 N–H and O–H groups in total. The fourth-order valence-corrected chi connectivity index (χ4v) is 4.70. The lowest BCUT2D eigenvalue weighted by molar-refractivity contribution is -0.149. The van der Waals surface area contributed by atoms with Crippen molar-refractivity contribution in [2.24, 2.45) is 0 Å². The Bertz CT molecular complexity index is 1430. The normalized spacial score (nSPS) is 13.9. The van der Waals surface area contributed by atoms with Crippen LogP contribution < -0.4 is 10.5 Å². The number of methoxy groups -OCH3 is 1. The summed E-state index contributed by atoms with van der Waals surface area (Å²) < 4.78 is 44.7. The molecule has 1 aliphatic rings. The summed E-state index contributed by atoms with van der Waals surface area (Å²) in [6.45, 7) is 0.708. The average Bonchev–Trinajstić information content (AvgIpc) is 3.26. The van der Waals surface area contributed by atoms with E-state index < -0.39 is 24.9 Å². The summed E-state index contributed by atoms with van der Waals surface area (Å²) in [5.74, 6) is 0.454. The molecular weight excluding hydrogens is 459 g/mol. The van der Waals surface area contributed by atoms with E-state index in [1.54, 1.807) is 11.5 Å². The van der Waals surface area contributed by atoms with E-state index in [0.29, 0.717) is 48.8 Å². The summed E-state index contributed by atoms with van der Waals surface area (Å²) in [5, 5.41) is 0.827. The van der Waals surface area contributed by atoms with Gasteiger partial charge in [-0.25, -0.2) is 9.97 Å². The van der Waals surface area contributed by atoms with Gasteiger partial charge >= 0.3 is 6.18 Å². The zero-order valence-electron chi connectivity index (χ0n) is 19.1. The van der Waals surface area contributed by atoms with Gasteiger partial charge in [-0.1, -0.05) is 24.3 Å². The fourth-order valence-electron chi connectivity index (χ4n) is 4.70. The molecule has 0 bridgehead atoms. The standard InChI is InChI=1S/C25H24F3N5O2/c1-35-20-7-3-6-19-22(20)31-24(29)33-14-17(30-23(19)33)12-15-4-2-5-16-13-32(11-9-18(15)16)21(34)8-10-25(26,27)28/h2-7,14H,8-13H2,1H3,(H2,29,31). The number of amides is 1. The average molecular weight is 483 g/mol. The zero-order valence-corrected chi connectivity index (χ0v) is 19.1. The molecule has 10 heteroatoms. The van der Waals surface area contributed by atoms with Gasteiger partial charge in [-0.05, 0) is 35.2 Å². The number of anilines is 1. The molecule has 35 heavy (non-hydrogen) atoms. The van der Waals surface area contributed by atoms with Crippen LogP contribution in [-0.4, -0.2) is 45.0 Å². The van der Waals surface area contributed by atoms with E-state index in [0.717, 1.165) is 27.8 Å². The number of hydrogen-bond acceptors (Lipinski definition) is 5. The van der Waals surface area contributed by atoms with E-state index in [9.17, 15) is 18.0 Å². The number of imidazole rings is 1. The van der Waals surface area contributed by atoms with Crippen molar-refractivity contribution in [3.05, 3.63) is 65.0 Å². The molecule has 0 aliphatic carbocycles. The number of para-hydroxylation sites is 1. The maximum absolute atomic E-state index is 12.5. The van der Waals surface area contributed by atoms with Gasteiger partial charge in [0.05, 0.1) is 19.2 Å². The van der Waals surface area contributed by atoms with Crippen LogP contribution in [0, 0.1) is 0 Å². The largest absolute Gasteiger partial charge is 0.494 e. The van der Waals surface area contributed by atoms with Gasteiger partial charge in [-0.3, -0.25) is 9.20 Å². The van der Waals surface area contributed by atoms with Gasteiger partial charge in [-0.15, -0.1) is 0 Å². The quantitative estimate of drug-likeness (QED) is 0.458. The molecule has 5 rings (SSSR count). The Morgan fingerprint density at radius 2 is 1.97 bits per heavy atom. The third-order valence-corrected chi connectivity index (χ3v) is 6.40. The molecule has 3 heterocycles. The summed E-state index contributed by atoms with van der Waals surface area (Å²) in [5.41, 5.74) is 11.5. The highest BCUT2D eigenvalue weighted by atomic mass is 19.4. The number of nitrogen functional groups attached to an aromatic ring is 1. The summed E-state index contributed by atoms with van der Waals surface area (Å²) in [6.07, 6.45) is -2.94. The first-order valence-electron chi connectivity index (χ1n) is 11.3. The van der Waals surface area contributed by atoms with Crippen LogP contribution in [0.25, 0.3) is 16.6 Å². The maximum atomic E-state index is 12.5. The molecule has 0 radical (unpaired) electrons. The number of hydrogen-bond donors (Lipinski definition) is 1. The Hall–Kier alpha value is -3.82. The van der Waals surface area contributed by atoms with Crippen LogP contribution in [0.4, 0.5) is 19.1 Å². The van der Waals surface area contributed by atoms with Gasteiger partial charge < -0.3 is 15.4 Å². The minimum atomic E-state index is -4.33. The molecule has 0 saturated carbocycles. The van der Waals surface area contributed by atoms with Gasteiger partial charge in [-0.2, -0.15) is 13.2 Å². The molecule has 7 nitrogen and oxygen atoms in total. The van der Waals surface area contributed by atoms with Crippen molar-refractivity contribution in [3.63, 3.8) is 0 Å². The van der Waals surface area contributed by atoms with Crippen molar-refractivity contribution < 1.29 is 22.7 Å². The SMILES string of the molecule is COc1cccc2c1nc(N)n1cc(Cc3cccc4c3CCN(C(=O)CCC(F)(F)F)C4)nc21. The number of benzene rings is 2. The number of halogens is 3. The summed E-state index contributed by atoms with van der Waals surface area (Å²) >= 11 is 0. The molecule has 2 aromatic heterocycles. The van der Waals surface area contributed by atoms with Crippen LogP contribution in [-0.2, 0) is 24.2 Å². The third kappa shape index (κ3) is 4.48. The molecular formula is C25H24F3N5O2. The lowest BCUT2D eigenvalue weighted by Gasteiger charge is -2.30. The number of fused-ring (bicyclic) bond motifs is 4. The minimum absolute atomic E-state index is 0.304. The second-order valence-electron chi connectivity index (χ2n) is 8.66. The number of nitrogens with zero attached hydrogens (tertiary/aromatic N) is 4. The van der Waals surface area contributed by atoms with E-state index in [1.807, 2.05) is 42.6 Å². The number of nitrogens with two attached hydrogens (primary N) is 1. The lowest BCUT2D eigenvalue weighted by atomic mass is 9.92. The zero-order chi connectivity index (χ0) is 24.7. The number of ether oxygens (including phenoxy) is 1. The second-order valence-corrected chi connectivity index (χ2v) is 8.66. The summed E-state index contributed by atoms with van der Waals surface area (Å²) in [4.78, 5) is 23.1. The van der Waals surface area contributed by atoms with Crippen LogP contribution in [0.15, 0.2) is 42.6 Å². The first kappa shape index (κ1) is 22.9. The number of aromatic nitrogens is 3. The predicted molar refractivity (Wildman–Crippen MR) is 125 cm³/mol. The fraction of sp³-hybridized carbons (Fsp3) is 0.320. The highest BCUT2D eigenvalue weighted by molar-refractivity contribution is 5.96. The smallest absolute Gasteiger partial charge is 0.389 e. The Morgan fingerprint density at radius 1 is 1.17 bits per heavy atom. The topological polar surface area (TPSA) is 85.8 Å². The van der Waals surface area contributed by atoms with Crippen molar-refractivity contribution in [1.82, 2.24) is 19.3 Å². The lowest BCUT2D eigenvalue weighted by Crippen LogP contribution is -2.36. The summed E-state index contributed by atoms with van der Waals surface area (Å²) in [7, 11) is 1.58. The third-order valence-electron chi connectivity index (χ3n) is 6.40. The molecule has 2 aromatic carbocycles. The highest BCUT2D eigenvalue weighted by Crippen LogP contribution is 2.30. The Labute approximate surface area is 199 Å². The van der Waals surface area contributed by atoms with Crippen molar-refractivity contribution in [2.75, 3.05) is 19.4 Å². The molecule has 0 fully saturated rings. The maximum Gasteiger partial charge on any atom is 0.389 e. The van der Waals surface area contributed by atoms with Gasteiger partial charge in [0.15, 0.2) is 0 Å². The van der Waals surface area contributed by atoms with E-state index >= 15 is 0 Å². The molecule has 0 saturated heterocycles. The van der Waals surface area contributed by atoms with Crippen molar-refractivity contribution >= 4 is 28.4 Å². The van der Waals surface area contributed by atoms with Crippen molar-refractivity contribution in [3.8, 4) is 5.75 Å². The Balaban J connectivity index is 1.41. The van der Waals surface area contributed by atoms with Gasteiger partial charge in [0, 0.05) is 37.5 Å². The molecule has 182 valence electrons. The molecule has 0 atom stereocenters. The predicted octanol–water partition coefficient (Wildman–Crippen LogP) is 4.29. The number of rotatable bonds is 5. The molecule has 4 aromatic rings. The van der Waals surface area contributed by atoms with E-state index in [2.05, 4.69) is 4.98 Å². The monoisotopic (exact) mass is 483 g/mol. The Morgan fingerprint density at radius 3 is 2.74 bits per heavy atom.